The number of ether oxygens (including phenoxy) is 1. The largest absolute Gasteiger partial charge is 0.394 e. The lowest BCUT2D eigenvalue weighted by atomic mass is 9.97. The molecule has 0 saturated carbocycles. The van der Waals surface area contributed by atoms with Gasteiger partial charge in [-0.3, -0.25) is 9.59 Å². The average Bonchev–Trinajstić information content (AvgIpc) is 2.60. The molecule has 0 spiro atoms. The molecule has 3 rings (SSSR count). The molecule has 0 unspecified atom stereocenters. The van der Waals surface area contributed by atoms with Crippen LogP contribution in [0, 0.1) is 13.8 Å². The van der Waals surface area contributed by atoms with Crippen molar-refractivity contribution in [1.29, 1.82) is 0 Å². The number of carbonyl (C=O) groups is 1. The molecule has 6 nitrogen and oxygen atoms in total. The molecular formula is C19H22N2O4. The van der Waals surface area contributed by atoms with Gasteiger partial charge in [0.15, 0.2) is 0 Å². The van der Waals surface area contributed by atoms with Crippen molar-refractivity contribution < 1.29 is 14.6 Å². The van der Waals surface area contributed by atoms with E-state index in [1.165, 1.54) is 0 Å². The van der Waals surface area contributed by atoms with Gasteiger partial charge in [-0.2, -0.15) is 0 Å². The van der Waals surface area contributed by atoms with E-state index in [1.54, 1.807) is 24.8 Å². The monoisotopic (exact) mass is 342 g/mol. The van der Waals surface area contributed by atoms with Crippen LogP contribution in [0.1, 0.15) is 33.2 Å². The van der Waals surface area contributed by atoms with E-state index in [2.05, 4.69) is 4.98 Å². The molecule has 1 aliphatic rings. The molecule has 6 heteroatoms. The lowest BCUT2D eigenvalue weighted by molar-refractivity contribution is -0.0812. The Kier molecular flexibility index (Phi) is 5.01. The van der Waals surface area contributed by atoms with Crippen molar-refractivity contribution in [3.05, 3.63) is 69.1 Å². The molecular weight excluding hydrogens is 320 g/mol. The Balaban J connectivity index is 2.04. The van der Waals surface area contributed by atoms with Gasteiger partial charge in [0.2, 0.25) is 0 Å². The topological polar surface area (TPSA) is 82.6 Å². The van der Waals surface area contributed by atoms with Gasteiger partial charge in [0, 0.05) is 12.2 Å². The van der Waals surface area contributed by atoms with E-state index in [1.807, 2.05) is 30.3 Å². The molecule has 0 bridgehead atoms. The van der Waals surface area contributed by atoms with Crippen molar-refractivity contribution in [3.8, 4) is 0 Å². The minimum absolute atomic E-state index is 0.144. The zero-order valence-electron chi connectivity index (χ0n) is 14.4. The zero-order valence-corrected chi connectivity index (χ0v) is 14.4. The molecule has 25 heavy (non-hydrogen) atoms. The van der Waals surface area contributed by atoms with Crippen LogP contribution in [0.15, 0.2) is 41.2 Å². The van der Waals surface area contributed by atoms with Gasteiger partial charge in [0.25, 0.3) is 11.5 Å². The van der Waals surface area contributed by atoms with Gasteiger partial charge < -0.3 is 19.7 Å². The minimum Gasteiger partial charge on any atom is -0.394 e. The maximum Gasteiger partial charge on any atom is 0.261 e. The average molecular weight is 342 g/mol. The van der Waals surface area contributed by atoms with Crippen molar-refractivity contribution in [2.45, 2.75) is 26.0 Å². The maximum absolute atomic E-state index is 13.2. The highest BCUT2D eigenvalue weighted by molar-refractivity contribution is 5.95. The van der Waals surface area contributed by atoms with E-state index >= 15 is 0 Å². The van der Waals surface area contributed by atoms with Crippen molar-refractivity contribution in [3.63, 3.8) is 0 Å². The number of H-pyrrole nitrogens is 1. The van der Waals surface area contributed by atoms with E-state index in [9.17, 15) is 14.7 Å². The molecule has 2 aromatic rings. The number of amides is 1. The molecule has 1 aromatic carbocycles. The van der Waals surface area contributed by atoms with Crippen LogP contribution < -0.4 is 5.56 Å². The molecule has 0 radical (unpaired) electrons. The summed E-state index contributed by atoms with van der Waals surface area (Å²) in [7, 11) is 0. The van der Waals surface area contributed by atoms with Gasteiger partial charge in [0.1, 0.15) is 11.7 Å². The number of aryl methyl sites for hydroxylation is 2. The van der Waals surface area contributed by atoms with E-state index in [0.717, 1.165) is 5.56 Å². The molecule has 132 valence electrons. The molecule has 1 aromatic heterocycles. The summed E-state index contributed by atoms with van der Waals surface area (Å²) in [5, 5.41) is 9.71. The summed E-state index contributed by atoms with van der Waals surface area (Å²) in [5.74, 6) is -0.339. The van der Waals surface area contributed by atoms with Gasteiger partial charge >= 0.3 is 0 Å². The van der Waals surface area contributed by atoms with Crippen LogP contribution in [0.25, 0.3) is 0 Å². The van der Waals surface area contributed by atoms with E-state index in [-0.39, 0.29) is 23.6 Å². The van der Waals surface area contributed by atoms with Crippen molar-refractivity contribution in [2.75, 3.05) is 19.8 Å². The number of carbonyl (C=O) groups excluding carboxylic acids is 1. The predicted octanol–water partition coefficient (Wildman–Crippen LogP) is 1.57. The van der Waals surface area contributed by atoms with Crippen molar-refractivity contribution in [1.82, 2.24) is 9.88 Å². The summed E-state index contributed by atoms with van der Waals surface area (Å²) in [5.41, 5.74) is 1.99. The summed E-state index contributed by atoms with van der Waals surface area (Å²) >= 11 is 0. The first-order valence-corrected chi connectivity index (χ1v) is 8.32. The number of hydrogen-bond donors (Lipinski definition) is 2. The van der Waals surface area contributed by atoms with Gasteiger partial charge in [-0.05, 0) is 31.0 Å². The highest BCUT2D eigenvalue weighted by Crippen LogP contribution is 2.30. The standard InChI is InChI=1S/C19H22N2O4/c1-12-10-13(2)20-18(23)16(12)19(24)21-8-9-25-15(11-22)17(21)14-6-4-3-5-7-14/h3-7,10,15,17,22H,8-9,11H2,1-2H3,(H,20,23)/t15-,17-/m1/s1. The fraction of sp³-hybridized carbons (Fsp3) is 0.368. The first kappa shape index (κ1) is 17.4. The second-order valence-electron chi connectivity index (χ2n) is 6.29. The molecule has 1 saturated heterocycles. The summed E-state index contributed by atoms with van der Waals surface area (Å²) in [4.78, 5) is 29.8. The van der Waals surface area contributed by atoms with Gasteiger partial charge in [-0.25, -0.2) is 0 Å². The number of aliphatic hydroxyl groups is 1. The van der Waals surface area contributed by atoms with Crippen molar-refractivity contribution >= 4 is 5.91 Å². The molecule has 2 heterocycles. The van der Waals surface area contributed by atoms with E-state index < -0.39 is 12.1 Å². The van der Waals surface area contributed by atoms with E-state index in [4.69, 9.17) is 4.74 Å². The van der Waals surface area contributed by atoms with Crippen molar-refractivity contribution in [2.24, 2.45) is 0 Å². The molecule has 0 aliphatic carbocycles. The smallest absolute Gasteiger partial charge is 0.261 e. The molecule has 2 atom stereocenters. The molecule has 1 fully saturated rings. The number of aromatic amines is 1. The van der Waals surface area contributed by atoms with Crippen LogP contribution >= 0.6 is 0 Å². The van der Waals surface area contributed by atoms with Crippen LogP contribution in [-0.2, 0) is 4.74 Å². The number of aromatic nitrogens is 1. The van der Waals surface area contributed by atoms with Gasteiger partial charge in [0.05, 0.1) is 19.3 Å². The number of nitrogens with one attached hydrogen (secondary N) is 1. The lowest BCUT2D eigenvalue weighted by Gasteiger charge is -2.41. The highest BCUT2D eigenvalue weighted by atomic mass is 16.5. The Bertz CT molecular complexity index is 816. The lowest BCUT2D eigenvalue weighted by Crippen LogP contribution is -2.50. The number of hydrogen-bond acceptors (Lipinski definition) is 4. The first-order valence-electron chi connectivity index (χ1n) is 8.32. The summed E-state index contributed by atoms with van der Waals surface area (Å²) in [6.45, 7) is 4.03. The van der Waals surface area contributed by atoms with Crippen LogP contribution in [0.3, 0.4) is 0 Å². The second kappa shape index (κ2) is 7.21. The molecule has 2 N–H and O–H groups in total. The minimum atomic E-state index is -0.523. The van der Waals surface area contributed by atoms with Crippen LogP contribution in [-0.4, -0.2) is 46.8 Å². The predicted molar refractivity (Wildman–Crippen MR) is 93.6 cm³/mol. The zero-order chi connectivity index (χ0) is 18.0. The Morgan fingerprint density at radius 1 is 1.32 bits per heavy atom. The summed E-state index contributed by atoms with van der Waals surface area (Å²) in [6, 6.07) is 10.8. The Morgan fingerprint density at radius 3 is 2.68 bits per heavy atom. The first-order chi connectivity index (χ1) is 12.0. The second-order valence-corrected chi connectivity index (χ2v) is 6.29. The number of rotatable bonds is 3. The number of benzene rings is 1. The third-order valence-electron chi connectivity index (χ3n) is 4.51. The van der Waals surface area contributed by atoms with Gasteiger partial charge in [-0.1, -0.05) is 30.3 Å². The normalized spacial score (nSPS) is 20.5. The Hall–Kier alpha value is -2.44. The maximum atomic E-state index is 13.2. The third kappa shape index (κ3) is 3.36. The van der Waals surface area contributed by atoms with Crippen LogP contribution in [0.2, 0.25) is 0 Å². The van der Waals surface area contributed by atoms with Crippen LogP contribution in [0.4, 0.5) is 0 Å². The Morgan fingerprint density at radius 2 is 2.04 bits per heavy atom. The fourth-order valence-corrected chi connectivity index (χ4v) is 3.42. The SMILES string of the molecule is Cc1cc(C)c(C(=O)N2CCO[C@H](CO)[C@H]2c2ccccc2)c(=O)[nH]1. The molecule has 1 aliphatic heterocycles. The fourth-order valence-electron chi connectivity index (χ4n) is 3.42. The summed E-state index contributed by atoms with van der Waals surface area (Å²) < 4.78 is 5.66. The van der Waals surface area contributed by atoms with E-state index in [0.29, 0.717) is 24.4 Å². The Labute approximate surface area is 146 Å². The van der Waals surface area contributed by atoms with Gasteiger partial charge in [-0.15, -0.1) is 0 Å². The number of aliphatic hydroxyl groups excluding tert-OH is 1. The number of pyridine rings is 1. The number of morpholine rings is 1. The third-order valence-corrected chi connectivity index (χ3v) is 4.51. The quantitative estimate of drug-likeness (QED) is 0.887. The number of nitrogens with zero attached hydrogens (tertiary/aromatic N) is 1. The summed E-state index contributed by atoms with van der Waals surface area (Å²) in [6.07, 6.45) is -0.523. The molecule has 1 amide bonds. The highest BCUT2D eigenvalue weighted by Gasteiger charge is 2.37. The van der Waals surface area contributed by atoms with Crippen LogP contribution in [0.5, 0.6) is 0 Å².